The molecular weight excluding hydrogens is 330 g/mol. The number of nitrogens with zero attached hydrogens (tertiary/aromatic N) is 4. The van der Waals surface area contributed by atoms with Gasteiger partial charge in [-0.25, -0.2) is 9.97 Å². The van der Waals surface area contributed by atoms with Crippen LogP contribution in [0.1, 0.15) is 22.8 Å². The maximum Gasteiger partial charge on any atom is 0.209 e. The van der Waals surface area contributed by atoms with Crippen LogP contribution in [0.5, 0.6) is 0 Å². The van der Waals surface area contributed by atoms with E-state index in [0.717, 1.165) is 36.4 Å². The lowest BCUT2D eigenvalue weighted by Gasteiger charge is -2.33. The van der Waals surface area contributed by atoms with Crippen LogP contribution in [0.15, 0.2) is 30.6 Å². The Labute approximate surface area is 153 Å². The fourth-order valence-electron chi connectivity index (χ4n) is 3.18. The van der Waals surface area contributed by atoms with Crippen LogP contribution in [-0.4, -0.2) is 59.1 Å². The fraction of sp³-hybridized carbons (Fsp3) is 0.421. The van der Waals surface area contributed by atoms with E-state index in [9.17, 15) is 9.90 Å². The first-order valence-electron chi connectivity index (χ1n) is 8.82. The summed E-state index contributed by atoms with van der Waals surface area (Å²) in [6.45, 7) is 7.31. The summed E-state index contributed by atoms with van der Waals surface area (Å²) in [6.07, 6.45) is 1.80. The minimum atomic E-state index is -0.606. The summed E-state index contributed by atoms with van der Waals surface area (Å²) in [7, 11) is 0. The van der Waals surface area contributed by atoms with E-state index in [1.165, 1.54) is 11.9 Å². The van der Waals surface area contributed by atoms with E-state index in [-0.39, 0.29) is 0 Å². The Kier molecular flexibility index (Phi) is 5.68. The van der Waals surface area contributed by atoms with Crippen molar-refractivity contribution in [1.29, 1.82) is 0 Å². The molecular formula is C19H25N5O2. The molecule has 1 atom stereocenters. The van der Waals surface area contributed by atoms with Crippen molar-refractivity contribution in [2.45, 2.75) is 20.0 Å². The summed E-state index contributed by atoms with van der Waals surface area (Å²) in [5.74, 6) is 1.51. The van der Waals surface area contributed by atoms with Crippen LogP contribution in [-0.2, 0) is 4.79 Å². The first-order chi connectivity index (χ1) is 12.6. The summed E-state index contributed by atoms with van der Waals surface area (Å²) in [4.78, 5) is 23.3. The summed E-state index contributed by atoms with van der Waals surface area (Å²) in [6, 6.07) is 7.92. The number of benzene rings is 1. The Morgan fingerprint density at radius 1 is 1.19 bits per heavy atom. The van der Waals surface area contributed by atoms with Crippen molar-refractivity contribution in [3.05, 3.63) is 47.3 Å². The Morgan fingerprint density at radius 3 is 2.65 bits per heavy atom. The third kappa shape index (κ3) is 4.29. The van der Waals surface area contributed by atoms with Gasteiger partial charge in [-0.3, -0.25) is 4.79 Å². The minimum Gasteiger partial charge on any atom is -0.387 e. The third-order valence-corrected chi connectivity index (χ3v) is 4.70. The van der Waals surface area contributed by atoms with E-state index in [1.807, 2.05) is 32.0 Å². The van der Waals surface area contributed by atoms with Crippen molar-refractivity contribution < 1.29 is 9.90 Å². The van der Waals surface area contributed by atoms with E-state index in [2.05, 4.69) is 26.3 Å². The van der Waals surface area contributed by atoms with Crippen LogP contribution in [0, 0.1) is 13.8 Å². The fourth-order valence-corrected chi connectivity index (χ4v) is 3.18. The van der Waals surface area contributed by atoms with Gasteiger partial charge >= 0.3 is 0 Å². The van der Waals surface area contributed by atoms with Crippen LogP contribution < -0.4 is 10.2 Å². The van der Waals surface area contributed by atoms with Crippen molar-refractivity contribution in [2.24, 2.45) is 0 Å². The number of aromatic nitrogens is 2. The number of hydrogen-bond acceptors (Lipinski definition) is 6. The number of carbonyl (C=O) groups is 1. The first-order valence-corrected chi connectivity index (χ1v) is 8.82. The summed E-state index contributed by atoms with van der Waals surface area (Å²) < 4.78 is 0. The molecule has 0 saturated carbocycles. The molecule has 0 aliphatic carbocycles. The average Bonchev–Trinajstić information content (AvgIpc) is 2.66. The predicted octanol–water partition coefficient (Wildman–Crippen LogP) is 1.52. The molecule has 2 N–H and O–H groups in total. The van der Waals surface area contributed by atoms with Crippen molar-refractivity contribution in [2.75, 3.05) is 42.9 Å². The van der Waals surface area contributed by atoms with Gasteiger partial charge in [0.15, 0.2) is 0 Å². The second-order valence-electron chi connectivity index (χ2n) is 6.65. The zero-order valence-electron chi connectivity index (χ0n) is 15.2. The summed E-state index contributed by atoms with van der Waals surface area (Å²) >= 11 is 0. The normalized spacial score (nSPS) is 15.7. The topological polar surface area (TPSA) is 81.6 Å². The highest BCUT2D eigenvalue weighted by Crippen LogP contribution is 2.20. The molecule has 2 heterocycles. The number of aliphatic hydroxyl groups excluding tert-OH is 1. The van der Waals surface area contributed by atoms with E-state index < -0.39 is 6.10 Å². The SMILES string of the molecule is Cc1ccc(C(O)CNc2cc(N3CCN(C=O)CC3)ncn2)c(C)c1. The molecule has 1 aliphatic rings. The highest BCUT2D eigenvalue weighted by Gasteiger charge is 2.17. The zero-order chi connectivity index (χ0) is 18.5. The predicted molar refractivity (Wildman–Crippen MR) is 101 cm³/mol. The monoisotopic (exact) mass is 355 g/mol. The van der Waals surface area contributed by atoms with Crippen LogP contribution in [0.2, 0.25) is 0 Å². The van der Waals surface area contributed by atoms with Gasteiger partial charge in [0, 0.05) is 38.8 Å². The Balaban J connectivity index is 1.61. The Hall–Kier alpha value is -2.67. The van der Waals surface area contributed by atoms with Crippen molar-refractivity contribution in [3.63, 3.8) is 0 Å². The highest BCUT2D eigenvalue weighted by molar-refractivity contribution is 5.51. The molecule has 7 nitrogen and oxygen atoms in total. The molecule has 1 aromatic carbocycles. The molecule has 2 aromatic rings. The second-order valence-corrected chi connectivity index (χ2v) is 6.65. The molecule has 26 heavy (non-hydrogen) atoms. The van der Waals surface area contributed by atoms with Gasteiger partial charge in [0.2, 0.25) is 6.41 Å². The van der Waals surface area contributed by atoms with Gasteiger partial charge in [-0.15, -0.1) is 0 Å². The minimum absolute atomic E-state index is 0.374. The van der Waals surface area contributed by atoms with Crippen LogP contribution >= 0.6 is 0 Å². The molecule has 1 unspecified atom stereocenters. The number of nitrogens with one attached hydrogen (secondary N) is 1. The van der Waals surface area contributed by atoms with Gasteiger partial charge in [0.05, 0.1) is 6.10 Å². The number of carbonyl (C=O) groups excluding carboxylic acids is 1. The zero-order valence-corrected chi connectivity index (χ0v) is 15.2. The molecule has 0 bridgehead atoms. The van der Waals surface area contributed by atoms with Crippen molar-refractivity contribution in [1.82, 2.24) is 14.9 Å². The lowest BCUT2D eigenvalue weighted by Crippen LogP contribution is -2.46. The van der Waals surface area contributed by atoms with E-state index in [0.29, 0.717) is 25.5 Å². The van der Waals surface area contributed by atoms with Crippen molar-refractivity contribution >= 4 is 18.0 Å². The Morgan fingerprint density at radius 2 is 1.96 bits per heavy atom. The number of aryl methyl sites for hydroxylation is 2. The van der Waals surface area contributed by atoms with Gasteiger partial charge in [-0.2, -0.15) is 0 Å². The molecule has 1 amide bonds. The lowest BCUT2D eigenvalue weighted by atomic mass is 10.0. The van der Waals surface area contributed by atoms with Crippen LogP contribution in [0.25, 0.3) is 0 Å². The van der Waals surface area contributed by atoms with E-state index in [4.69, 9.17) is 0 Å². The third-order valence-electron chi connectivity index (χ3n) is 4.70. The summed E-state index contributed by atoms with van der Waals surface area (Å²) in [5, 5.41) is 13.7. The molecule has 1 aromatic heterocycles. The van der Waals surface area contributed by atoms with Crippen LogP contribution in [0.4, 0.5) is 11.6 Å². The standard InChI is InChI=1S/C19H25N5O2/c1-14-3-4-16(15(2)9-14)17(26)11-20-18-10-19(22-12-21-18)24-7-5-23(13-25)6-8-24/h3-4,9-10,12-13,17,26H,5-8,11H2,1-2H3,(H,20,21,22). The largest absolute Gasteiger partial charge is 0.387 e. The number of hydrogen-bond donors (Lipinski definition) is 2. The molecule has 0 radical (unpaired) electrons. The molecule has 138 valence electrons. The summed E-state index contributed by atoms with van der Waals surface area (Å²) in [5.41, 5.74) is 3.18. The number of anilines is 2. The average molecular weight is 355 g/mol. The van der Waals surface area contributed by atoms with E-state index in [1.54, 1.807) is 4.90 Å². The van der Waals surface area contributed by atoms with Gasteiger partial charge in [0.1, 0.15) is 18.0 Å². The molecule has 3 rings (SSSR count). The number of rotatable bonds is 6. The second kappa shape index (κ2) is 8.14. The molecule has 7 heteroatoms. The maximum absolute atomic E-state index is 10.8. The number of aliphatic hydroxyl groups is 1. The van der Waals surface area contributed by atoms with Gasteiger partial charge < -0.3 is 20.2 Å². The van der Waals surface area contributed by atoms with E-state index >= 15 is 0 Å². The maximum atomic E-state index is 10.8. The number of piperazine rings is 1. The van der Waals surface area contributed by atoms with Gasteiger partial charge in [0.25, 0.3) is 0 Å². The molecule has 1 aliphatic heterocycles. The first kappa shape index (κ1) is 18.1. The molecule has 0 spiro atoms. The quantitative estimate of drug-likeness (QED) is 0.765. The Bertz CT molecular complexity index is 759. The highest BCUT2D eigenvalue weighted by atomic mass is 16.3. The van der Waals surface area contributed by atoms with Gasteiger partial charge in [-0.05, 0) is 25.0 Å². The lowest BCUT2D eigenvalue weighted by molar-refractivity contribution is -0.118. The van der Waals surface area contributed by atoms with Gasteiger partial charge in [-0.1, -0.05) is 23.8 Å². The molecule has 1 fully saturated rings. The van der Waals surface area contributed by atoms with Crippen LogP contribution in [0.3, 0.4) is 0 Å². The number of amides is 1. The smallest absolute Gasteiger partial charge is 0.209 e. The van der Waals surface area contributed by atoms with Crippen molar-refractivity contribution in [3.8, 4) is 0 Å². The molecule has 1 saturated heterocycles.